The summed E-state index contributed by atoms with van der Waals surface area (Å²) in [6, 6.07) is 0. The Bertz CT molecular complexity index is 4030. The Labute approximate surface area is 504 Å². The lowest BCUT2D eigenvalue weighted by Crippen LogP contribution is -2.52. The third-order valence-electron chi connectivity index (χ3n) is 16.7. The highest BCUT2D eigenvalue weighted by molar-refractivity contribution is 6.77. The number of allylic oxidation sites excluding steroid dienone is 12. The number of rotatable bonds is 4. The zero-order valence-corrected chi connectivity index (χ0v) is 42.4. The van der Waals surface area contributed by atoms with Crippen LogP contribution in [0.5, 0.6) is 0 Å². The van der Waals surface area contributed by atoms with E-state index in [-0.39, 0.29) is 219 Å². The lowest BCUT2D eigenvalue weighted by Gasteiger charge is -2.43. The van der Waals surface area contributed by atoms with Crippen molar-refractivity contribution in [2.45, 2.75) is 35.1 Å². The number of hydrogen-bond donors (Lipinski definition) is 0. The summed E-state index contributed by atoms with van der Waals surface area (Å²) in [5.74, 6) is -6.71. The molecule has 3 aliphatic carbocycles. The molecule has 0 saturated carbocycles. The second-order valence-corrected chi connectivity index (χ2v) is 20.4. The van der Waals surface area contributed by atoms with E-state index >= 15 is 0 Å². The maximum absolute atomic E-state index is 7.29. The minimum absolute atomic E-state index is 0.00126. The molecule has 79 heavy (non-hydrogen) atoms. The predicted molar refractivity (Wildman–Crippen MR) is 366 cm³/mol. The molecule has 291 valence electrons. The summed E-state index contributed by atoms with van der Waals surface area (Å²) in [6.07, 6.45) is 0. The van der Waals surface area contributed by atoms with Crippen molar-refractivity contribution in [1.82, 2.24) is 0 Å². The normalized spacial score (nSPS) is 21.5. The van der Waals surface area contributed by atoms with Crippen LogP contribution < -0.4 is 104 Å². The van der Waals surface area contributed by atoms with E-state index in [9.17, 15) is 0 Å². The number of benzene rings is 6. The van der Waals surface area contributed by atoms with E-state index in [0.29, 0.717) is 11.0 Å². The number of fused-ring (bicyclic) bond motifs is 6. The fourth-order valence-electron chi connectivity index (χ4n) is 12.3. The molecule has 0 amide bonds. The lowest BCUT2D eigenvalue weighted by atomic mass is 9.45. The van der Waals surface area contributed by atoms with Crippen LogP contribution in [0, 0.1) is 0 Å². The largest absolute Gasteiger partial charge is 0.159 e. The van der Waals surface area contributed by atoms with Gasteiger partial charge >= 0.3 is 0 Å². The molecule has 0 aromatic heterocycles. The Kier molecular flexibility index (Phi) is 15.0. The van der Waals surface area contributed by atoms with Crippen LogP contribution in [0.2, 0.25) is 23.3 Å². The Balaban J connectivity index is 1.41. The summed E-state index contributed by atoms with van der Waals surface area (Å²) in [6.45, 7) is 0. The molecule has 1 aliphatic heterocycles. The third kappa shape index (κ3) is 7.78. The Morgan fingerprint density at radius 1 is 0.241 bits per heavy atom. The molecule has 6 unspecified atom stereocenters. The summed E-state index contributed by atoms with van der Waals surface area (Å²) in [7, 11) is 208. The minimum atomic E-state index is -1.42. The first-order valence-electron chi connectivity index (χ1n) is 24.0. The van der Waals surface area contributed by atoms with Crippen molar-refractivity contribution in [3.8, 4) is 0 Å². The van der Waals surface area contributed by atoms with Gasteiger partial charge in [0.1, 0.15) is 212 Å². The van der Waals surface area contributed by atoms with Crippen molar-refractivity contribution < 1.29 is 0 Å². The summed E-state index contributed by atoms with van der Waals surface area (Å²) in [4.78, 5) is 0. The first kappa shape index (κ1) is 58.7. The van der Waals surface area contributed by atoms with Gasteiger partial charge < -0.3 is 0 Å². The molecule has 6 aromatic carbocycles. The number of hydrogen-bond acceptors (Lipinski definition) is 0. The molecule has 6 aromatic rings. The molecule has 0 saturated heterocycles. The molecule has 0 bridgehead atoms. The summed E-state index contributed by atoms with van der Waals surface area (Å²) in [5, 5.41) is 0.448. The van der Waals surface area contributed by atoms with Gasteiger partial charge in [-0.3, -0.25) is 0 Å². The van der Waals surface area contributed by atoms with Crippen LogP contribution in [-0.4, -0.2) is 243 Å². The summed E-state index contributed by atoms with van der Waals surface area (Å²) >= 11 is 0. The van der Waals surface area contributed by atoms with Crippen LogP contribution >= 0.6 is 0 Å². The molecule has 4 aliphatic rings. The molecule has 0 N–H and O–H groups in total. The van der Waals surface area contributed by atoms with E-state index in [1.807, 2.05) is 0 Å². The molecule has 61 radical (unpaired) electrons. The molecule has 0 spiro atoms. The summed E-state index contributed by atoms with van der Waals surface area (Å²) in [5.41, 5.74) is -1.95. The fraction of sp³-hybridized carbons (Fsp3) is 0.125. The van der Waals surface area contributed by atoms with Gasteiger partial charge in [-0.2, -0.15) is 0 Å². The van der Waals surface area contributed by atoms with Gasteiger partial charge in [0.25, 0.3) is 0 Å². The van der Waals surface area contributed by atoms with Crippen molar-refractivity contribution in [2.24, 2.45) is 0 Å². The average Bonchev–Trinajstić information content (AvgIpc) is 3.83. The fourth-order valence-corrected chi connectivity index (χ4v) is 12.3. The highest BCUT2D eigenvalue weighted by Gasteiger charge is 2.45. The van der Waals surface area contributed by atoms with Crippen molar-refractivity contribution in [1.29, 1.82) is 0 Å². The van der Waals surface area contributed by atoms with Gasteiger partial charge in [0.15, 0.2) is 7.28 Å². The second-order valence-electron chi connectivity index (χ2n) is 20.4. The summed E-state index contributed by atoms with van der Waals surface area (Å²) < 4.78 is 0. The molecule has 31 heteroatoms. The van der Waals surface area contributed by atoms with Crippen LogP contribution in [0.15, 0.2) is 49.3 Å². The molecule has 10 rings (SSSR count). The highest BCUT2D eigenvalue weighted by Crippen LogP contribution is 2.56. The quantitative estimate of drug-likeness (QED) is 0.122. The molecule has 0 nitrogen and oxygen atoms in total. The van der Waals surface area contributed by atoms with Crippen molar-refractivity contribution in [3.05, 3.63) is 77.1 Å². The second kappa shape index (κ2) is 20.1. The Morgan fingerprint density at radius 3 is 1.00 bits per heavy atom. The maximum Gasteiger partial charge on any atom is 0.159 e. The molecule has 6 atom stereocenters. The van der Waals surface area contributed by atoms with Gasteiger partial charge in [-0.1, -0.05) is 99.6 Å². The van der Waals surface area contributed by atoms with Gasteiger partial charge in [-0.05, 0) is 71.5 Å². The monoisotopic (exact) mass is 923 g/mol. The van der Waals surface area contributed by atoms with Crippen LogP contribution in [0.25, 0.3) is 49.0 Å². The van der Waals surface area contributed by atoms with E-state index in [1.165, 1.54) is 0 Å². The van der Waals surface area contributed by atoms with Crippen LogP contribution in [0.1, 0.15) is 39.7 Å². The maximum atomic E-state index is 7.29. The first-order valence-corrected chi connectivity index (χ1v) is 24.0. The standard InChI is InChI=1S/C48H6B31/c49-17-12-15(32(64)41(73)40(72)29(12)61)33(65)48-16(17)10-8(23(55)44(76)46(78)47(10)79-48)2-5-3(18(50)34(66)36(68)20(5)52)1(4-6(2)21(53)37(69)35(67)19(4)51)7-9(24(56)39(71)38(70)22(7)54)11-25(57)27(59)13(28(60)26(11)58)14-30(62)42(74)45(77)43(75)31(14)63/h9-10,24,42,45,47H. The SMILES string of the molecule is [B]C1=C([B])C([B])C([B])C([B])=C1c1c([B])c([B])c(C2C(c3c4c([B])c([B])c([B])c([B])c4c(C4=C([B])C([B])=C([B])C5[B]c6c(c([B])c7c([B])c([B])c([B])c([B])c7c6[B])C45)c4c([B])c([B])c([B])c([B])c34)=C([B])C([B])=C([B])C2[B])c([B])c1[B]. The average molecular weight is 918 g/mol. The first-order chi connectivity index (χ1) is 36.8. The van der Waals surface area contributed by atoms with Crippen molar-refractivity contribution in [2.75, 3.05) is 0 Å². The predicted octanol–water partition coefficient (Wildman–Crippen LogP) is -15.7. The van der Waals surface area contributed by atoms with Crippen molar-refractivity contribution in [3.63, 3.8) is 0 Å². The topological polar surface area (TPSA) is 0 Å². The molecular weight excluding hydrogens is 912 g/mol. The Hall–Kier alpha value is -3.45. The van der Waals surface area contributed by atoms with Gasteiger partial charge in [-0.25, -0.2) is 0 Å². The molecular formula is C48H6B31. The van der Waals surface area contributed by atoms with Crippen LogP contribution in [0.3, 0.4) is 0 Å². The lowest BCUT2D eigenvalue weighted by molar-refractivity contribution is 0.866. The van der Waals surface area contributed by atoms with E-state index in [1.54, 1.807) is 7.28 Å². The van der Waals surface area contributed by atoms with Gasteiger partial charge in [0.05, 0.1) is 23.5 Å². The third-order valence-corrected chi connectivity index (χ3v) is 16.7. The van der Waals surface area contributed by atoms with E-state index < -0.39 is 35.1 Å². The zero-order valence-electron chi connectivity index (χ0n) is 42.4. The minimum Gasteiger partial charge on any atom is -0.130 e. The Morgan fingerprint density at radius 2 is 0.582 bits per heavy atom. The van der Waals surface area contributed by atoms with E-state index in [4.69, 9.17) is 235 Å². The molecule has 0 fully saturated rings. The smallest absolute Gasteiger partial charge is 0.130 e. The van der Waals surface area contributed by atoms with E-state index in [2.05, 4.69) is 0 Å². The molecule has 1 heterocycles. The van der Waals surface area contributed by atoms with Gasteiger partial charge in [0.2, 0.25) is 0 Å². The highest BCUT2D eigenvalue weighted by atomic mass is 14.4. The van der Waals surface area contributed by atoms with Crippen LogP contribution in [-0.2, 0) is 0 Å². The van der Waals surface area contributed by atoms with Gasteiger partial charge in [-0.15, -0.1) is 82.0 Å². The van der Waals surface area contributed by atoms with E-state index in [0.717, 1.165) is 0 Å². The zero-order chi connectivity index (χ0) is 58.4. The van der Waals surface area contributed by atoms with Gasteiger partial charge in [0, 0.05) is 11.8 Å². The van der Waals surface area contributed by atoms with Crippen molar-refractivity contribution >= 4 is 395 Å². The van der Waals surface area contributed by atoms with Crippen LogP contribution in [0.4, 0.5) is 0 Å².